The zero-order valence-electron chi connectivity index (χ0n) is 8.15. The summed E-state index contributed by atoms with van der Waals surface area (Å²) in [5.74, 6) is 0. The summed E-state index contributed by atoms with van der Waals surface area (Å²) < 4.78 is 0. The molecule has 0 fully saturated rings. The molecule has 70 valence electrons. The SMILES string of the molecule is Cc1cc(C)c(CC(=O)Cl)cc1C. The van der Waals surface area contributed by atoms with E-state index >= 15 is 0 Å². The minimum Gasteiger partial charge on any atom is -0.281 e. The molecule has 0 bridgehead atoms. The molecule has 0 amide bonds. The van der Waals surface area contributed by atoms with E-state index in [4.69, 9.17) is 11.6 Å². The first kappa shape index (κ1) is 10.3. The van der Waals surface area contributed by atoms with Crippen molar-refractivity contribution < 1.29 is 4.79 Å². The molecule has 0 atom stereocenters. The van der Waals surface area contributed by atoms with Gasteiger partial charge in [0.05, 0.1) is 0 Å². The highest BCUT2D eigenvalue weighted by molar-refractivity contribution is 6.63. The monoisotopic (exact) mass is 196 g/mol. The van der Waals surface area contributed by atoms with Crippen molar-refractivity contribution in [2.75, 3.05) is 0 Å². The first-order valence-electron chi connectivity index (χ1n) is 4.25. The van der Waals surface area contributed by atoms with Crippen LogP contribution in [0, 0.1) is 20.8 Å². The van der Waals surface area contributed by atoms with Crippen LogP contribution in [0.4, 0.5) is 0 Å². The van der Waals surface area contributed by atoms with Crippen LogP contribution >= 0.6 is 11.6 Å². The van der Waals surface area contributed by atoms with Crippen LogP contribution in [-0.2, 0) is 11.2 Å². The second kappa shape index (κ2) is 3.93. The highest BCUT2D eigenvalue weighted by Gasteiger charge is 2.04. The molecule has 1 nitrogen and oxygen atoms in total. The maximum Gasteiger partial charge on any atom is 0.226 e. The van der Waals surface area contributed by atoms with Crippen LogP contribution in [0.5, 0.6) is 0 Å². The van der Waals surface area contributed by atoms with Crippen molar-refractivity contribution in [2.24, 2.45) is 0 Å². The molecule has 1 rings (SSSR count). The van der Waals surface area contributed by atoms with Crippen molar-refractivity contribution in [3.63, 3.8) is 0 Å². The topological polar surface area (TPSA) is 17.1 Å². The quantitative estimate of drug-likeness (QED) is 0.665. The number of hydrogen-bond acceptors (Lipinski definition) is 1. The van der Waals surface area contributed by atoms with E-state index in [-0.39, 0.29) is 5.24 Å². The van der Waals surface area contributed by atoms with E-state index in [9.17, 15) is 4.79 Å². The zero-order chi connectivity index (χ0) is 10.0. The van der Waals surface area contributed by atoms with Crippen molar-refractivity contribution in [1.82, 2.24) is 0 Å². The van der Waals surface area contributed by atoms with Gasteiger partial charge in [-0.25, -0.2) is 0 Å². The van der Waals surface area contributed by atoms with Crippen LogP contribution in [0.25, 0.3) is 0 Å². The van der Waals surface area contributed by atoms with Crippen LogP contribution < -0.4 is 0 Å². The molecule has 13 heavy (non-hydrogen) atoms. The summed E-state index contributed by atoms with van der Waals surface area (Å²) in [5, 5.41) is -0.300. The smallest absolute Gasteiger partial charge is 0.226 e. The van der Waals surface area contributed by atoms with Crippen molar-refractivity contribution in [2.45, 2.75) is 27.2 Å². The van der Waals surface area contributed by atoms with Crippen LogP contribution in [-0.4, -0.2) is 5.24 Å². The summed E-state index contributed by atoms with van der Waals surface area (Å²) in [4.78, 5) is 10.7. The number of halogens is 1. The number of benzene rings is 1. The highest BCUT2D eigenvalue weighted by atomic mass is 35.5. The largest absolute Gasteiger partial charge is 0.281 e. The Labute approximate surface area is 83.7 Å². The number of hydrogen-bond donors (Lipinski definition) is 0. The Morgan fingerprint density at radius 1 is 1.15 bits per heavy atom. The van der Waals surface area contributed by atoms with E-state index in [2.05, 4.69) is 13.0 Å². The summed E-state index contributed by atoms with van der Waals surface area (Å²) >= 11 is 5.34. The fourth-order valence-corrected chi connectivity index (χ4v) is 1.50. The molecule has 0 aromatic heterocycles. The van der Waals surface area contributed by atoms with Gasteiger partial charge in [-0.3, -0.25) is 4.79 Å². The van der Waals surface area contributed by atoms with E-state index in [1.165, 1.54) is 11.1 Å². The standard InChI is InChI=1S/C11H13ClO/c1-7-4-9(3)10(5-8(7)2)6-11(12)13/h4-5H,6H2,1-3H3. The molecule has 0 aliphatic heterocycles. The van der Waals surface area contributed by atoms with Crippen molar-refractivity contribution in [3.05, 3.63) is 34.4 Å². The second-order valence-electron chi connectivity index (χ2n) is 3.39. The average Bonchev–Trinajstić information content (AvgIpc) is 1.99. The Kier molecular flexibility index (Phi) is 3.10. The van der Waals surface area contributed by atoms with E-state index < -0.39 is 0 Å². The Hall–Kier alpha value is -0.820. The first-order chi connectivity index (χ1) is 6.00. The molecule has 0 saturated carbocycles. The van der Waals surface area contributed by atoms with Gasteiger partial charge in [0.25, 0.3) is 0 Å². The molecule has 0 spiro atoms. The maximum absolute atomic E-state index is 10.7. The van der Waals surface area contributed by atoms with Crippen LogP contribution in [0.1, 0.15) is 22.3 Å². The minimum atomic E-state index is -0.300. The summed E-state index contributed by atoms with van der Waals surface area (Å²) in [6.07, 6.45) is 0.328. The third-order valence-electron chi connectivity index (χ3n) is 2.28. The number of rotatable bonds is 2. The highest BCUT2D eigenvalue weighted by Crippen LogP contribution is 2.16. The lowest BCUT2D eigenvalue weighted by molar-refractivity contribution is -0.111. The van der Waals surface area contributed by atoms with Crippen molar-refractivity contribution in [1.29, 1.82) is 0 Å². The summed E-state index contributed by atoms with van der Waals surface area (Å²) in [6.45, 7) is 6.10. The molecular formula is C11H13ClO. The molecule has 2 heteroatoms. The molecule has 1 aromatic carbocycles. The van der Waals surface area contributed by atoms with E-state index in [1.807, 2.05) is 19.9 Å². The molecule has 0 unspecified atom stereocenters. The molecule has 0 radical (unpaired) electrons. The summed E-state index contributed by atoms with van der Waals surface area (Å²) in [5.41, 5.74) is 4.63. The Balaban J connectivity index is 3.08. The molecule has 0 aliphatic rings. The van der Waals surface area contributed by atoms with Gasteiger partial charge < -0.3 is 0 Å². The van der Waals surface area contributed by atoms with E-state index in [0.717, 1.165) is 11.1 Å². The zero-order valence-corrected chi connectivity index (χ0v) is 8.90. The average molecular weight is 197 g/mol. The molecule has 0 saturated heterocycles. The number of carbonyl (C=O) groups excluding carboxylic acids is 1. The molecular weight excluding hydrogens is 184 g/mol. The molecule has 0 aliphatic carbocycles. The van der Waals surface area contributed by atoms with Crippen molar-refractivity contribution in [3.8, 4) is 0 Å². The lowest BCUT2D eigenvalue weighted by Gasteiger charge is -2.07. The molecule has 1 aromatic rings. The van der Waals surface area contributed by atoms with Gasteiger partial charge in [-0.2, -0.15) is 0 Å². The first-order valence-corrected chi connectivity index (χ1v) is 4.63. The second-order valence-corrected chi connectivity index (χ2v) is 3.82. The predicted molar refractivity (Wildman–Crippen MR) is 55.2 cm³/mol. The minimum absolute atomic E-state index is 0.300. The van der Waals surface area contributed by atoms with E-state index in [0.29, 0.717) is 6.42 Å². The molecule has 0 heterocycles. The molecule has 0 N–H and O–H groups in total. The van der Waals surface area contributed by atoms with Gasteiger partial charge in [0.1, 0.15) is 0 Å². The third-order valence-corrected chi connectivity index (χ3v) is 2.42. The third kappa shape index (κ3) is 2.56. The number of carbonyl (C=O) groups is 1. The van der Waals surface area contributed by atoms with E-state index in [1.54, 1.807) is 0 Å². The maximum atomic E-state index is 10.7. The fourth-order valence-electron chi connectivity index (χ4n) is 1.36. The lowest BCUT2D eigenvalue weighted by Crippen LogP contribution is -1.98. The normalized spacial score (nSPS) is 10.2. The Bertz CT molecular complexity index is 342. The van der Waals surface area contributed by atoms with Crippen LogP contribution in [0.15, 0.2) is 12.1 Å². The van der Waals surface area contributed by atoms with Gasteiger partial charge in [0.2, 0.25) is 5.24 Å². The summed E-state index contributed by atoms with van der Waals surface area (Å²) in [7, 11) is 0. The Morgan fingerprint density at radius 2 is 1.69 bits per heavy atom. The lowest BCUT2D eigenvalue weighted by atomic mass is 9.99. The summed E-state index contributed by atoms with van der Waals surface area (Å²) in [6, 6.07) is 4.12. The Morgan fingerprint density at radius 3 is 2.23 bits per heavy atom. The number of aryl methyl sites for hydroxylation is 3. The van der Waals surface area contributed by atoms with Gasteiger partial charge in [-0.15, -0.1) is 0 Å². The van der Waals surface area contributed by atoms with Gasteiger partial charge in [-0.05, 0) is 54.6 Å². The van der Waals surface area contributed by atoms with Crippen LogP contribution in [0.3, 0.4) is 0 Å². The van der Waals surface area contributed by atoms with Gasteiger partial charge in [-0.1, -0.05) is 12.1 Å². The van der Waals surface area contributed by atoms with Crippen LogP contribution in [0.2, 0.25) is 0 Å². The predicted octanol–water partition coefficient (Wildman–Crippen LogP) is 2.92. The van der Waals surface area contributed by atoms with Gasteiger partial charge in [0.15, 0.2) is 0 Å². The van der Waals surface area contributed by atoms with Gasteiger partial charge >= 0.3 is 0 Å². The van der Waals surface area contributed by atoms with Crippen molar-refractivity contribution >= 4 is 16.8 Å². The fraction of sp³-hybridized carbons (Fsp3) is 0.364. The van der Waals surface area contributed by atoms with Gasteiger partial charge in [0, 0.05) is 6.42 Å².